The Hall–Kier alpha value is -0.570. The second-order valence-corrected chi connectivity index (χ2v) is 4.99. The van der Waals surface area contributed by atoms with Gasteiger partial charge in [-0.25, -0.2) is 0 Å². The monoisotopic (exact) mass is 212 g/mol. The summed E-state index contributed by atoms with van der Waals surface area (Å²) in [5, 5.41) is 0. The smallest absolute Gasteiger partial charge is 0.223 e. The van der Waals surface area contributed by atoms with Gasteiger partial charge in [0.1, 0.15) is 0 Å². The Morgan fingerprint density at radius 3 is 2.60 bits per heavy atom. The highest BCUT2D eigenvalue weighted by atomic mass is 16.2. The van der Waals surface area contributed by atoms with Crippen molar-refractivity contribution < 1.29 is 4.79 Å². The molecule has 3 heteroatoms. The van der Waals surface area contributed by atoms with E-state index in [2.05, 4.69) is 13.8 Å². The van der Waals surface area contributed by atoms with Crippen molar-refractivity contribution in [2.45, 2.75) is 45.6 Å². The van der Waals surface area contributed by atoms with Gasteiger partial charge in [-0.2, -0.15) is 0 Å². The molecular weight excluding hydrogens is 188 g/mol. The molecule has 0 heterocycles. The molecule has 0 radical (unpaired) electrons. The lowest BCUT2D eigenvalue weighted by molar-refractivity contribution is -0.130. The first-order chi connectivity index (χ1) is 7.04. The van der Waals surface area contributed by atoms with Crippen LogP contribution in [0.2, 0.25) is 0 Å². The molecule has 1 rings (SSSR count). The van der Waals surface area contributed by atoms with E-state index in [1.807, 2.05) is 11.9 Å². The normalized spacial score (nSPS) is 19.7. The number of carbonyl (C=O) groups is 1. The fourth-order valence-electron chi connectivity index (χ4n) is 1.75. The van der Waals surface area contributed by atoms with E-state index in [-0.39, 0.29) is 11.9 Å². The van der Waals surface area contributed by atoms with Crippen LogP contribution in [0.1, 0.15) is 39.5 Å². The summed E-state index contributed by atoms with van der Waals surface area (Å²) in [6.07, 6.45) is 4.07. The minimum absolute atomic E-state index is 0.0943. The van der Waals surface area contributed by atoms with E-state index < -0.39 is 0 Å². The van der Waals surface area contributed by atoms with Crippen molar-refractivity contribution in [3.8, 4) is 0 Å². The van der Waals surface area contributed by atoms with Crippen molar-refractivity contribution in [3.63, 3.8) is 0 Å². The number of hydrogen-bond acceptors (Lipinski definition) is 2. The van der Waals surface area contributed by atoms with Gasteiger partial charge < -0.3 is 10.6 Å². The standard InChI is InChI=1S/C12H24N2O/c1-4-9(2)8-14(3)12(15)7-11(13)10-5-6-10/h9-11H,4-8,13H2,1-3H3. The minimum Gasteiger partial charge on any atom is -0.345 e. The lowest BCUT2D eigenvalue weighted by Gasteiger charge is -2.22. The molecule has 1 amide bonds. The van der Waals surface area contributed by atoms with Gasteiger partial charge in [0.25, 0.3) is 0 Å². The highest BCUT2D eigenvalue weighted by Gasteiger charge is 2.30. The third-order valence-electron chi connectivity index (χ3n) is 3.35. The van der Waals surface area contributed by atoms with Crippen LogP contribution in [0.25, 0.3) is 0 Å². The number of nitrogens with zero attached hydrogens (tertiary/aromatic N) is 1. The van der Waals surface area contributed by atoms with Crippen molar-refractivity contribution in [1.29, 1.82) is 0 Å². The molecule has 2 N–H and O–H groups in total. The molecule has 1 aliphatic carbocycles. The predicted molar refractivity (Wildman–Crippen MR) is 62.4 cm³/mol. The SMILES string of the molecule is CCC(C)CN(C)C(=O)CC(N)C1CC1. The maximum atomic E-state index is 11.8. The van der Waals surface area contributed by atoms with Gasteiger partial charge in [0.05, 0.1) is 0 Å². The van der Waals surface area contributed by atoms with E-state index in [9.17, 15) is 4.79 Å². The Morgan fingerprint density at radius 1 is 1.53 bits per heavy atom. The van der Waals surface area contributed by atoms with Gasteiger partial charge >= 0.3 is 0 Å². The minimum atomic E-state index is 0.0943. The molecule has 2 unspecified atom stereocenters. The fourth-order valence-corrected chi connectivity index (χ4v) is 1.75. The van der Waals surface area contributed by atoms with Gasteiger partial charge in [-0.05, 0) is 24.7 Å². The molecule has 0 aliphatic heterocycles. The van der Waals surface area contributed by atoms with Gasteiger partial charge in [-0.1, -0.05) is 20.3 Å². The maximum absolute atomic E-state index is 11.8. The van der Waals surface area contributed by atoms with E-state index in [0.717, 1.165) is 13.0 Å². The summed E-state index contributed by atoms with van der Waals surface area (Å²) in [4.78, 5) is 13.6. The van der Waals surface area contributed by atoms with E-state index in [4.69, 9.17) is 5.73 Å². The Morgan fingerprint density at radius 2 is 2.13 bits per heavy atom. The quantitative estimate of drug-likeness (QED) is 0.727. The molecule has 0 bridgehead atoms. The van der Waals surface area contributed by atoms with Gasteiger partial charge in [0.15, 0.2) is 0 Å². The van der Waals surface area contributed by atoms with Crippen LogP contribution in [0, 0.1) is 11.8 Å². The van der Waals surface area contributed by atoms with Crippen LogP contribution in [-0.4, -0.2) is 30.4 Å². The van der Waals surface area contributed by atoms with Crippen LogP contribution < -0.4 is 5.73 Å². The summed E-state index contributed by atoms with van der Waals surface area (Å²) in [6, 6.07) is 0.0943. The van der Waals surface area contributed by atoms with E-state index in [0.29, 0.717) is 18.3 Å². The second kappa shape index (κ2) is 5.50. The fraction of sp³-hybridized carbons (Fsp3) is 0.917. The third kappa shape index (κ3) is 4.20. The van der Waals surface area contributed by atoms with Crippen LogP contribution in [0.5, 0.6) is 0 Å². The van der Waals surface area contributed by atoms with Gasteiger partial charge in [-0.15, -0.1) is 0 Å². The first kappa shape index (κ1) is 12.5. The molecule has 0 aromatic rings. The van der Waals surface area contributed by atoms with Crippen LogP contribution in [0.15, 0.2) is 0 Å². The van der Waals surface area contributed by atoms with E-state index in [1.165, 1.54) is 12.8 Å². The third-order valence-corrected chi connectivity index (χ3v) is 3.35. The average molecular weight is 212 g/mol. The molecular formula is C12H24N2O. The average Bonchev–Trinajstić information content (AvgIpc) is 3.00. The molecule has 0 aromatic carbocycles. The van der Waals surface area contributed by atoms with E-state index in [1.54, 1.807) is 0 Å². The number of nitrogens with two attached hydrogens (primary N) is 1. The topological polar surface area (TPSA) is 46.3 Å². The molecule has 15 heavy (non-hydrogen) atoms. The van der Waals surface area contributed by atoms with Crippen molar-refractivity contribution in [1.82, 2.24) is 4.90 Å². The number of amides is 1. The van der Waals surface area contributed by atoms with Crippen molar-refractivity contribution in [2.24, 2.45) is 17.6 Å². The molecule has 0 saturated heterocycles. The summed E-state index contributed by atoms with van der Waals surface area (Å²) in [7, 11) is 1.88. The molecule has 3 nitrogen and oxygen atoms in total. The summed E-state index contributed by atoms with van der Waals surface area (Å²) < 4.78 is 0. The molecule has 88 valence electrons. The second-order valence-electron chi connectivity index (χ2n) is 4.99. The lowest BCUT2D eigenvalue weighted by Crippen LogP contribution is -2.36. The van der Waals surface area contributed by atoms with Crippen LogP contribution in [-0.2, 0) is 4.79 Å². The first-order valence-corrected chi connectivity index (χ1v) is 6.04. The highest BCUT2D eigenvalue weighted by Crippen LogP contribution is 2.32. The summed E-state index contributed by atoms with van der Waals surface area (Å²) in [6.45, 7) is 5.18. The van der Waals surface area contributed by atoms with Crippen molar-refractivity contribution >= 4 is 5.91 Å². The van der Waals surface area contributed by atoms with Gasteiger partial charge in [0.2, 0.25) is 5.91 Å². The first-order valence-electron chi connectivity index (χ1n) is 6.04. The molecule has 1 aliphatic rings. The lowest BCUT2D eigenvalue weighted by atomic mass is 10.1. The molecule has 2 atom stereocenters. The molecule has 0 spiro atoms. The van der Waals surface area contributed by atoms with Gasteiger partial charge in [-0.3, -0.25) is 4.79 Å². The van der Waals surface area contributed by atoms with E-state index >= 15 is 0 Å². The Labute approximate surface area is 93.0 Å². The van der Waals surface area contributed by atoms with Gasteiger partial charge in [0, 0.05) is 26.1 Å². The van der Waals surface area contributed by atoms with Crippen molar-refractivity contribution in [3.05, 3.63) is 0 Å². The van der Waals surface area contributed by atoms with Crippen LogP contribution in [0.4, 0.5) is 0 Å². The zero-order valence-corrected chi connectivity index (χ0v) is 10.2. The highest BCUT2D eigenvalue weighted by molar-refractivity contribution is 5.76. The summed E-state index contributed by atoms with van der Waals surface area (Å²) in [5.74, 6) is 1.40. The number of hydrogen-bond donors (Lipinski definition) is 1. The predicted octanol–water partition coefficient (Wildman–Crippen LogP) is 1.62. The Bertz CT molecular complexity index is 214. The molecule has 1 fully saturated rings. The largest absolute Gasteiger partial charge is 0.345 e. The number of carbonyl (C=O) groups excluding carboxylic acids is 1. The Kier molecular flexibility index (Phi) is 4.58. The maximum Gasteiger partial charge on any atom is 0.223 e. The zero-order valence-electron chi connectivity index (χ0n) is 10.2. The molecule has 1 saturated carbocycles. The van der Waals surface area contributed by atoms with Crippen molar-refractivity contribution in [2.75, 3.05) is 13.6 Å². The Balaban J connectivity index is 2.25. The molecule has 0 aromatic heterocycles. The summed E-state index contributed by atoms with van der Waals surface area (Å²) >= 11 is 0. The summed E-state index contributed by atoms with van der Waals surface area (Å²) in [5.41, 5.74) is 5.93. The van der Waals surface area contributed by atoms with Crippen LogP contribution >= 0.6 is 0 Å². The number of rotatable bonds is 6. The zero-order chi connectivity index (χ0) is 11.4. The van der Waals surface area contributed by atoms with Crippen LogP contribution in [0.3, 0.4) is 0 Å².